The number of para-hydroxylation sites is 1. The quantitative estimate of drug-likeness (QED) is 0.560. The van der Waals surface area contributed by atoms with Crippen LogP contribution in [0.25, 0.3) is 0 Å². The minimum absolute atomic E-state index is 0.852. The highest BCUT2D eigenvalue weighted by Crippen LogP contribution is 2.11. The second-order valence-electron chi connectivity index (χ2n) is 2.98. The van der Waals surface area contributed by atoms with Gasteiger partial charge in [-0.1, -0.05) is 18.2 Å². The Labute approximate surface area is 79.1 Å². The van der Waals surface area contributed by atoms with Gasteiger partial charge in [0.15, 0.2) is 0 Å². The smallest absolute Gasteiger partial charge is 0.0575 e. The van der Waals surface area contributed by atoms with Gasteiger partial charge in [0.1, 0.15) is 0 Å². The van der Waals surface area contributed by atoms with Gasteiger partial charge in [0, 0.05) is 19.3 Å². The second kappa shape index (κ2) is 4.84. The van der Waals surface area contributed by atoms with E-state index in [1.807, 2.05) is 31.3 Å². The first-order valence-corrected chi connectivity index (χ1v) is 4.32. The topological polar surface area (TPSA) is 38.5 Å². The third-order valence-electron chi connectivity index (χ3n) is 2.06. The van der Waals surface area contributed by atoms with E-state index in [-0.39, 0.29) is 0 Å². The number of nitrogens with two attached hydrogens (primary N) is 1. The molecule has 0 aliphatic carbocycles. The van der Waals surface area contributed by atoms with Crippen LogP contribution in [0, 0.1) is 0 Å². The molecule has 0 spiro atoms. The maximum absolute atomic E-state index is 5.79. The fourth-order valence-corrected chi connectivity index (χ4v) is 1.13. The molecule has 0 radical (unpaired) electrons. The van der Waals surface area contributed by atoms with Crippen LogP contribution < -0.4 is 5.73 Å². The Bertz CT molecular complexity index is 263. The van der Waals surface area contributed by atoms with Gasteiger partial charge < -0.3 is 10.6 Å². The Morgan fingerprint density at radius 1 is 1.38 bits per heavy atom. The fourth-order valence-electron chi connectivity index (χ4n) is 1.13. The van der Waals surface area contributed by atoms with E-state index in [2.05, 4.69) is 0 Å². The molecular formula is C10H16N2O. The molecule has 72 valence electrons. The van der Waals surface area contributed by atoms with Crippen molar-refractivity contribution in [2.24, 2.45) is 0 Å². The van der Waals surface area contributed by atoms with Crippen molar-refractivity contribution in [2.75, 3.05) is 26.4 Å². The zero-order chi connectivity index (χ0) is 9.68. The summed E-state index contributed by atoms with van der Waals surface area (Å²) in [5, 5.41) is 1.78. The third-order valence-corrected chi connectivity index (χ3v) is 2.06. The molecule has 2 N–H and O–H groups in total. The summed E-state index contributed by atoms with van der Waals surface area (Å²) >= 11 is 0. The van der Waals surface area contributed by atoms with Gasteiger partial charge >= 0.3 is 0 Å². The zero-order valence-corrected chi connectivity index (χ0v) is 8.16. The van der Waals surface area contributed by atoms with Crippen LogP contribution in [0.4, 0.5) is 5.69 Å². The van der Waals surface area contributed by atoms with Gasteiger partial charge in [-0.05, 0) is 18.1 Å². The van der Waals surface area contributed by atoms with Crippen molar-refractivity contribution in [2.45, 2.75) is 6.42 Å². The van der Waals surface area contributed by atoms with E-state index in [0.29, 0.717) is 0 Å². The highest BCUT2D eigenvalue weighted by molar-refractivity contribution is 5.46. The molecule has 0 aliphatic heterocycles. The van der Waals surface area contributed by atoms with E-state index in [1.54, 1.807) is 12.2 Å². The lowest BCUT2D eigenvalue weighted by Crippen LogP contribution is -2.19. The summed E-state index contributed by atoms with van der Waals surface area (Å²) in [6.45, 7) is 0.852. The summed E-state index contributed by atoms with van der Waals surface area (Å²) < 4.78 is 0. The number of benzene rings is 1. The van der Waals surface area contributed by atoms with Gasteiger partial charge in [-0.15, -0.1) is 0 Å². The molecule has 0 saturated carbocycles. The van der Waals surface area contributed by atoms with E-state index >= 15 is 0 Å². The lowest BCUT2D eigenvalue weighted by atomic mass is 10.1. The van der Waals surface area contributed by atoms with E-state index < -0.39 is 0 Å². The second-order valence-corrected chi connectivity index (χ2v) is 2.98. The molecule has 0 saturated heterocycles. The number of rotatable bonds is 4. The van der Waals surface area contributed by atoms with Crippen LogP contribution >= 0.6 is 0 Å². The van der Waals surface area contributed by atoms with Crippen molar-refractivity contribution in [1.82, 2.24) is 5.06 Å². The molecule has 0 heterocycles. The standard InChI is InChI=1S/C10H16N2O/c1-12(13-2)8-7-9-5-3-4-6-10(9)11/h3-6H,7-8,11H2,1-2H3. The fraction of sp³-hybridized carbons (Fsp3) is 0.400. The zero-order valence-electron chi connectivity index (χ0n) is 8.16. The highest BCUT2D eigenvalue weighted by Gasteiger charge is 1.99. The number of nitrogens with zero attached hydrogens (tertiary/aromatic N) is 1. The summed E-state index contributed by atoms with van der Waals surface area (Å²) in [6, 6.07) is 7.90. The third kappa shape index (κ3) is 3.05. The lowest BCUT2D eigenvalue weighted by Gasteiger charge is -2.13. The van der Waals surface area contributed by atoms with Crippen LogP contribution in [0.15, 0.2) is 24.3 Å². The average molecular weight is 180 g/mol. The predicted molar refractivity (Wildman–Crippen MR) is 54.2 cm³/mol. The van der Waals surface area contributed by atoms with Crippen LogP contribution in [0.1, 0.15) is 5.56 Å². The molecule has 1 aromatic rings. The highest BCUT2D eigenvalue weighted by atomic mass is 16.7. The summed E-state index contributed by atoms with van der Waals surface area (Å²) in [5.74, 6) is 0. The number of nitrogen functional groups attached to an aromatic ring is 1. The summed E-state index contributed by atoms with van der Waals surface area (Å²) in [5.41, 5.74) is 7.82. The van der Waals surface area contributed by atoms with Gasteiger partial charge in [0.2, 0.25) is 0 Å². The Morgan fingerprint density at radius 2 is 2.08 bits per heavy atom. The van der Waals surface area contributed by atoms with Gasteiger partial charge in [0.25, 0.3) is 0 Å². The van der Waals surface area contributed by atoms with Crippen LogP contribution in [0.5, 0.6) is 0 Å². The van der Waals surface area contributed by atoms with Crippen LogP contribution in [-0.2, 0) is 11.3 Å². The van der Waals surface area contributed by atoms with E-state index in [1.165, 1.54) is 5.56 Å². The molecule has 0 aliphatic rings. The van der Waals surface area contributed by atoms with Gasteiger partial charge in [-0.3, -0.25) is 0 Å². The van der Waals surface area contributed by atoms with Crippen LogP contribution in [0.3, 0.4) is 0 Å². The summed E-state index contributed by atoms with van der Waals surface area (Å²) in [4.78, 5) is 5.00. The molecule has 0 atom stereocenters. The lowest BCUT2D eigenvalue weighted by molar-refractivity contribution is -0.107. The molecule has 1 aromatic carbocycles. The van der Waals surface area contributed by atoms with E-state index in [4.69, 9.17) is 10.6 Å². The number of hydroxylamine groups is 2. The first-order chi connectivity index (χ1) is 6.24. The largest absolute Gasteiger partial charge is 0.399 e. The van der Waals surface area contributed by atoms with E-state index in [0.717, 1.165) is 18.7 Å². The summed E-state index contributed by atoms with van der Waals surface area (Å²) in [6.07, 6.45) is 0.914. The Balaban J connectivity index is 2.50. The minimum atomic E-state index is 0.852. The molecule has 0 unspecified atom stereocenters. The van der Waals surface area contributed by atoms with Crippen LogP contribution in [-0.4, -0.2) is 25.8 Å². The van der Waals surface area contributed by atoms with Crippen LogP contribution in [0.2, 0.25) is 0 Å². The maximum Gasteiger partial charge on any atom is 0.0575 e. The first-order valence-electron chi connectivity index (χ1n) is 4.32. The maximum atomic E-state index is 5.79. The molecular weight excluding hydrogens is 164 g/mol. The molecule has 0 fully saturated rings. The molecule has 0 amide bonds. The van der Waals surface area contributed by atoms with Gasteiger partial charge in [0.05, 0.1) is 7.11 Å². The van der Waals surface area contributed by atoms with Crippen molar-refractivity contribution >= 4 is 5.69 Å². The Kier molecular flexibility index (Phi) is 3.73. The summed E-state index contributed by atoms with van der Waals surface area (Å²) in [7, 11) is 3.56. The van der Waals surface area contributed by atoms with Crippen molar-refractivity contribution < 1.29 is 4.84 Å². The molecule has 0 aromatic heterocycles. The van der Waals surface area contributed by atoms with E-state index in [9.17, 15) is 0 Å². The first kappa shape index (κ1) is 10.0. The molecule has 3 nitrogen and oxygen atoms in total. The van der Waals surface area contributed by atoms with Crippen molar-refractivity contribution in [3.63, 3.8) is 0 Å². The van der Waals surface area contributed by atoms with Gasteiger partial charge in [-0.2, -0.15) is 5.06 Å². The Hall–Kier alpha value is -1.06. The number of hydrogen-bond acceptors (Lipinski definition) is 3. The molecule has 0 bridgehead atoms. The Morgan fingerprint density at radius 3 is 2.69 bits per heavy atom. The average Bonchev–Trinajstić information content (AvgIpc) is 2.16. The number of hydrogen-bond donors (Lipinski definition) is 1. The normalized spacial score (nSPS) is 10.7. The predicted octanol–water partition coefficient (Wildman–Crippen LogP) is 1.30. The SMILES string of the molecule is CON(C)CCc1ccccc1N. The van der Waals surface area contributed by atoms with Crippen molar-refractivity contribution in [3.05, 3.63) is 29.8 Å². The monoisotopic (exact) mass is 180 g/mol. The van der Waals surface area contributed by atoms with Crippen molar-refractivity contribution in [3.8, 4) is 0 Å². The molecule has 1 rings (SSSR count). The number of anilines is 1. The minimum Gasteiger partial charge on any atom is -0.399 e. The number of likely N-dealkylation sites (N-methyl/N-ethyl adjacent to an activating group) is 1. The van der Waals surface area contributed by atoms with Crippen molar-refractivity contribution in [1.29, 1.82) is 0 Å². The van der Waals surface area contributed by atoms with Gasteiger partial charge in [-0.25, -0.2) is 0 Å². The molecule has 13 heavy (non-hydrogen) atoms. The molecule has 3 heteroatoms.